The fourth-order valence-corrected chi connectivity index (χ4v) is 1.77. The minimum Gasteiger partial charge on any atom is -0.449 e. The first-order valence-corrected chi connectivity index (χ1v) is 6.57. The monoisotopic (exact) mass is 279 g/mol. The summed E-state index contributed by atoms with van der Waals surface area (Å²) in [6.07, 6.45) is -0.674. The molecule has 2 N–H and O–H groups in total. The number of carbonyl (C=O) groups is 2. The third-order valence-corrected chi connectivity index (χ3v) is 2.87. The summed E-state index contributed by atoms with van der Waals surface area (Å²) < 4.78 is 4.69. The van der Waals surface area contributed by atoms with Gasteiger partial charge in [-0.3, -0.25) is 15.1 Å². The van der Waals surface area contributed by atoms with Crippen LogP contribution in [0.4, 0.5) is 4.79 Å². The Hall–Kier alpha value is -2.08. The predicted molar refractivity (Wildman–Crippen MR) is 75.8 cm³/mol. The van der Waals surface area contributed by atoms with Crippen molar-refractivity contribution in [2.24, 2.45) is 0 Å². The molecule has 0 radical (unpaired) electrons. The first kappa shape index (κ1) is 16.0. The summed E-state index contributed by atoms with van der Waals surface area (Å²) in [6, 6.07) is 8.92. The van der Waals surface area contributed by atoms with Gasteiger partial charge >= 0.3 is 6.09 Å². The van der Waals surface area contributed by atoms with E-state index in [0.717, 1.165) is 5.56 Å². The summed E-state index contributed by atoms with van der Waals surface area (Å²) >= 11 is 0. The van der Waals surface area contributed by atoms with E-state index in [2.05, 4.69) is 15.6 Å². The molecule has 6 nitrogen and oxygen atoms in total. The van der Waals surface area contributed by atoms with Crippen LogP contribution in [0.15, 0.2) is 30.3 Å². The zero-order chi connectivity index (χ0) is 15.0. The van der Waals surface area contributed by atoms with Gasteiger partial charge in [-0.15, -0.1) is 0 Å². The average molecular weight is 279 g/mol. The second-order valence-electron chi connectivity index (χ2n) is 4.22. The van der Waals surface area contributed by atoms with Crippen molar-refractivity contribution in [1.82, 2.24) is 15.8 Å². The first-order valence-electron chi connectivity index (χ1n) is 6.57. The van der Waals surface area contributed by atoms with E-state index < -0.39 is 12.1 Å². The van der Waals surface area contributed by atoms with Gasteiger partial charge in [0, 0.05) is 0 Å². The van der Waals surface area contributed by atoms with E-state index >= 15 is 0 Å². The number of ether oxygens (including phenoxy) is 1. The Labute approximate surface area is 119 Å². The van der Waals surface area contributed by atoms with Crippen LogP contribution in [-0.2, 0) is 9.53 Å². The number of nitrogens with one attached hydrogen (secondary N) is 2. The minimum absolute atomic E-state index is 0.249. The molecule has 0 bridgehead atoms. The maximum absolute atomic E-state index is 12.2. The second kappa shape index (κ2) is 8.16. The van der Waals surface area contributed by atoms with Crippen molar-refractivity contribution in [2.45, 2.75) is 19.9 Å². The lowest BCUT2D eigenvalue weighted by Gasteiger charge is -2.26. The summed E-state index contributed by atoms with van der Waals surface area (Å²) in [5, 5.41) is 0. The number of hydrogen-bond donors (Lipinski definition) is 2. The largest absolute Gasteiger partial charge is 0.449 e. The molecule has 1 aromatic carbocycles. The van der Waals surface area contributed by atoms with Gasteiger partial charge < -0.3 is 4.74 Å². The van der Waals surface area contributed by atoms with Crippen molar-refractivity contribution < 1.29 is 14.3 Å². The number of likely N-dealkylation sites (N-methyl/N-ethyl adjacent to an activating group) is 1. The molecule has 0 fully saturated rings. The number of hydrogen-bond acceptors (Lipinski definition) is 4. The van der Waals surface area contributed by atoms with E-state index in [9.17, 15) is 9.59 Å². The molecule has 0 saturated carbocycles. The minimum atomic E-state index is -0.674. The molecule has 1 unspecified atom stereocenters. The number of amides is 2. The Morgan fingerprint density at radius 1 is 1.20 bits per heavy atom. The van der Waals surface area contributed by atoms with Gasteiger partial charge in [0.1, 0.15) is 6.04 Å². The Morgan fingerprint density at radius 2 is 1.85 bits per heavy atom. The van der Waals surface area contributed by atoms with Crippen LogP contribution in [0.25, 0.3) is 0 Å². The summed E-state index contributed by atoms with van der Waals surface area (Å²) in [5.74, 6) is -0.311. The van der Waals surface area contributed by atoms with E-state index in [1.54, 1.807) is 6.92 Å². The van der Waals surface area contributed by atoms with Gasteiger partial charge in [0.05, 0.1) is 6.61 Å². The van der Waals surface area contributed by atoms with Crippen molar-refractivity contribution in [2.75, 3.05) is 20.2 Å². The molecule has 20 heavy (non-hydrogen) atoms. The van der Waals surface area contributed by atoms with Crippen LogP contribution >= 0.6 is 0 Å². The Kier molecular flexibility index (Phi) is 6.52. The number of nitrogens with zero attached hydrogens (tertiary/aromatic N) is 1. The SMILES string of the molecule is CCOC(=O)NNC(=O)C(c1ccccc1)N(C)CC. The maximum Gasteiger partial charge on any atom is 0.426 e. The van der Waals surface area contributed by atoms with Crippen LogP contribution in [0.3, 0.4) is 0 Å². The molecule has 0 spiro atoms. The van der Waals surface area contributed by atoms with Gasteiger partial charge in [0.2, 0.25) is 0 Å². The highest BCUT2D eigenvalue weighted by molar-refractivity contribution is 5.84. The molecule has 0 aliphatic heterocycles. The zero-order valence-electron chi connectivity index (χ0n) is 12.1. The molecule has 0 saturated heterocycles. The van der Waals surface area contributed by atoms with Crippen LogP contribution < -0.4 is 10.9 Å². The van der Waals surface area contributed by atoms with E-state index in [4.69, 9.17) is 0 Å². The van der Waals surface area contributed by atoms with Crippen LogP contribution in [0.1, 0.15) is 25.5 Å². The zero-order valence-corrected chi connectivity index (χ0v) is 12.1. The number of carbonyl (C=O) groups excluding carboxylic acids is 2. The summed E-state index contributed by atoms with van der Waals surface area (Å²) in [4.78, 5) is 25.3. The van der Waals surface area contributed by atoms with Crippen molar-refractivity contribution in [3.63, 3.8) is 0 Å². The third kappa shape index (κ3) is 4.55. The second-order valence-corrected chi connectivity index (χ2v) is 4.22. The molecule has 110 valence electrons. The lowest BCUT2D eigenvalue weighted by molar-refractivity contribution is -0.127. The van der Waals surface area contributed by atoms with Gasteiger partial charge in [0.25, 0.3) is 5.91 Å². The number of rotatable bonds is 5. The smallest absolute Gasteiger partial charge is 0.426 e. The topological polar surface area (TPSA) is 70.7 Å². The van der Waals surface area contributed by atoms with E-state index in [1.807, 2.05) is 49.2 Å². The predicted octanol–water partition coefficient (Wildman–Crippen LogP) is 1.46. The molecule has 1 atom stereocenters. The van der Waals surface area contributed by atoms with E-state index in [0.29, 0.717) is 6.54 Å². The lowest BCUT2D eigenvalue weighted by atomic mass is 10.1. The third-order valence-electron chi connectivity index (χ3n) is 2.87. The quantitative estimate of drug-likeness (QED) is 0.800. The standard InChI is InChI=1S/C14H21N3O3/c1-4-17(3)12(11-9-7-6-8-10-11)13(18)15-16-14(19)20-5-2/h6-10,12H,4-5H2,1-3H3,(H,15,18)(H,16,19). The van der Waals surface area contributed by atoms with Gasteiger partial charge in [-0.25, -0.2) is 10.2 Å². The van der Waals surface area contributed by atoms with Crippen molar-refractivity contribution in [1.29, 1.82) is 0 Å². The van der Waals surface area contributed by atoms with Crippen LogP contribution in [-0.4, -0.2) is 37.1 Å². The fraction of sp³-hybridized carbons (Fsp3) is 0.429. The fourth-order valence-electron chi connectivity index (χ4n) is 1.77. The molecule has 0 aliphatic carbocycles. The molecule has 0 aromatic heterocycles. The molecule has 1 aromatic rings. The van der Waals surface area contributed by atoms with Gasteiger partial charge in [-0.05, 0) is 26.1 Å². The highest BCUT2D eigenvalue weighted by Gasteiger charge is 2.24. The van der Waals surface area contributed by atoms with E-state index in [1.165, 1.54) is 0 Å². The first-order chi connectivity index (χ1) is 9.60. The van der Waals surface area contributed by atoms with E-state index in [-0.39, 0.29) is 12.5 Å². The molecular formula is C14H21N3O3. The molecule has 2 amide bonds. The lowest BCUT2D eigenvalue weighted by Crippen LogP contribution is -2.47. The number of hydrazine groups is 1. The van der Waals surface area contributed by atoms with Crippen molar-refractivity contribution in [3.05, 3.63) is 35.9 Å². The maximum atomic E-state index is 12.2. The summed E-state index contributed by atoms with van der Waals surface area (Å²) in [7, 11) is 1.85. The Balaban J connectivity index is 2.74. The summed E-state index contributed by atoms with van der Waals surface area (Å²) in [6.45, 7) is 4.60. The molecule has 1 rings (SSSR count). The normalized spacial score (nSPS) is 11.8. The van der Waals surface area contributed by atoms with Gasteiger partial charge in [0.15, 0.2) is 0 Å². The highest BCUT2D eigenvalue weighted by Crippen LogP contribution is 2.18. The molecule has 0 heterocycles. The van der Waals surface area contributed by atoms with Gasteiger partial charge in [-0.1, -0.05) is 37.3 Å². The van der Waals surface area contributed by atoms with Crippen LogP contribution in [0.5, 0.6) is 0 Å². The Morgan fingerprint density at radius 3 is 2.40 bits per heavy atom. The Bertz CT molecular complexity index is 437. The number of benzene rings is 1. The summed E-state index contributed by atoms with van der Waals surface area (Å²) in [5.41, 5.74) is 5.46. The molecule has 0 aliphatic rings. The van der Waals surface area contributed by atoms with Crippen molar-refractivity contribution >= 4 is 12.0 Å². The highest BCUT2D eigenvalue weighted by atomic mass is 16.5. The molecule has 6 heteroatoms. The van der Waals surface area contributed by atoms with Crippen molar-refractivity contribution in [3.8, 4) is 0 Å². The van der Waals surface area contributed by atoms with Gasteiger partial charge in [-0.2, -0.15) is 0 Å². The molecular weight excluding hydrogens is 258 g/mol. The van der Waals surface area contributed by atoms with Crippen LogP contribution in [0.2, 0.25) is 0 Å². The average Bonchev–Trinajstić information content (AvgIpc) is 2.46. The van der Waals surface area contributed by atoms with Crippen LogP contribution in [0, 0.1) is 0 Å².